The van der Waals surface area contributed by atoms with E-state index in [0.717, 1.165) is 22.9 Å². The first-order chi connectivity index (χ1) is 6.09. The topological polar surface area (TPSA) is 63.3 Å². The SMILES string of the molecule is NC(CC1=CC=C(Br)CC1)C(=O)O. The summed E-state index contributed by atoms with van der Waals surface area (Å²) in [4.78, 5) is 10.5. The van der Waals surface area contributed by atoms with Gasteiger partial charge in [-0.2, -0.15) is 0 Å². The third-order valence-electron chi connectivity index (χ3n) is 1.98. The second kappa shape index (κ2) is 4.58. The molecule has 3 nitrogen and oxygen atoms in total. The highest BCUT2D eigenvalue weighted by atomic mass is 79.9. The molecule has 0 aliphatic heterocycles. The van der Waals surface area contributed by atoms with E-state index in [1.807, 2.05) is 12.2 Å². The molecule has 1 aliphatic rings. The maximum Gasteiger partial charge on any atom is 0.320 e. The Labute approximate surface area is 85.4 Å². The van der Waals surface area contributed by atoms with Gasteiger partial charge in [0.2, 0.25) is 0 Å². The first-order valence-corrected chi connectivity index (χ1v) is 4.91. The van der Waals surface area contributed by atoms with Crippen molar-refractivity contribution in [1.29, 1.82) is 0 Å². The molecule has 1 unspecified atom stereocenters. The molecule has 13 heavy (non-hydrogen) atoms. The first-order valence-electron chi connectivity index (χ1n) is 4.12. The maximum atomic E-state index is 10.5. The molecular weight excluding hydrogens is 234 g/mol. The molecule has 0 amide bonds. The van der Waals surface area contributed by atoms with E-state index in [9.17, 15) is 4.79 Å². The van der Waals surface area contributed by atoms with E-state index in [1.54, 1.807) is 0 Å². The Morgan fingerprint density at radius 1 is 1.62 bits per heavy atom. The van der Waals surface area contributed by atoms with Crippen LogP contribution < -0.4 is 5.73 Å². The molecule has 0 bridgehead atoms. The van der Waals surface area contributed by atoms with Gasteiger partial charge in [0.25, 0.3) is 0 Å². The number of rotatable bonds is 3. The lowest BCUT2D eigenvalue weighted by Crippen LogP contribution is -2.30. The number of aliphatic carboxylic acids is 1. The standard InChI is InChI=1S/C9H12BrNO2/c10-7-3-1-6(2-4-7)5-8(11)9(12)13/h1,3,8H,2,4-5,11H2,(H,12,13). The van der Waals surface area contributed by atoms with Crippen LogP contribution in [-0.2, 0) is 4.79 Å². The summed E-state index contributed by atoms with van der Waals surface area (Å²) in [6.07, 6.45) is 6.19. The molecule has 0 saturated carbocycles. The van der Waals surface area contributed by atoms with Gasteiger partial charge in [-0.25, -0.2) is 0 Å². The van der Waals surface area contributed by atoms with Gasteiger partial charge in [0.1, 0.15) is 6.04 Å². The van der Waals surface area contributed by atoms with Gasteiger partial charge in [0.15, 0.2) is 0 Å². The Kier molecular flexibility index (Phi) is 3.69. The molecule has 0 aromatic rings. The molecule has 0 radical (unpaired) electrons. The summed E-state index contributed by atoms with van der Waals surface area (Å²) in [6, 6.07) is -0.767. The third-order valence-corrected chi connectivity index (χ3v) is 2.64. The Bertz CT molecular complexity index is 271. The minimum absolute atomic E-state index is 0.451. The molecule has 1 atom stereocenters. The van der Waals surface area contributed by atoms with Crippen LogP contribution in [0.4, 0.5) is 0 Å². The van der Waals surface area contributed by atoms with Crippen LogP contribution in [0.25, 0.3) is 0 Å². The zero-order valence-electron chi connectivity index (χ0n) is 7.16. The summed E-state index contributed by atoms with van der Waals surface area (Å²) < 4.78 is 1.15. The summed E-state index contributed by atoms with van der Waals surface area (Å²) >= 11 is 3.38. The van der Waals surface area contributed by atoms with Crippen LogP contribution in [0.5, 0.6) is 0 Å². The van der Waals surface area contributed by atoms with Crippen molar-refractivity contribution in [2.24, 2.45) is 5.73 Å². The van der Waals surface area contributed by atoms with Crippen LogP contribution in [-0.4, -0.2) is 17.1 Å². The van der Waals surface area contributed by atoms with Gasteiger partial charge in [-0.15, -0.1) is 0 Å². The van der Waals surface area contributed by atoms with Crippen molar-refractivity contribution in [1.82, 2.24) is 0 Å². The van der Waals surface area contributed by atoms with E-state index in [-0.39, 0.29) is 0 Å². The predicted octanol–water partition coefficient (Wildman–Crippen LogP) is 1.79. The second-order valence-corrected chi connectivity index (χ2v) is 4.11. The van der Waals surface area contributed by atoms with Crippen molar-refractivity contribution in [2.75, 3.05) is 0 Å². The molecule has 1 aliphatic carbocycles. The molecule has 3 N–H and O–H groups in total. The zero-order valence-corrected chi connectivity index (χ0v) is 8.75. The van der Waals surface area contributed by atoms with Gasteiger partial charge in [0.05, 0.1) is 0 Å². The Morgan fingerprint density at radius 3 is 2.77 bits per heavy atom. The van der Waals surface area contributed by atoms with Crippen LogP contribution in [0.2, 0.25) is 0 Å². The summed E-state index contributed by atoms with van der Waals surface area (Å²) in [7, 11) is 0. The third kappa shape index (κ3) is 3.32. The Balaban J connectivity index is 2.51. The van der Waals surface area contributed by atoms with Gasteiger partial charge in [-0.05, 0) is 23.7 Å². The molecule has 0 fully saturated rings. The highest BCUT2D eigenvalue weighted by Crippen LogP contribution is 2.24. The van der Waals surface area contributed by atoms with Crippen molar-refractivity contribution in [3.05, 3.63) is 22.2 Å². The van der Waals surface area contributed by atoms with Gasteiger partial charge in [-0.1, -0.05) is 33.7 Å². The predicted molar refractivity (Wildman–Crippen MR) is 54.6 cm³/mol. The fourth-order valence-corrected chi connectivity index (χ4v) is 1.53. The fraction of sp³-hybridized carbons (Fsp3) is 0.444. The largest absolute Gasteiger partial charge is 0.480 e. The minimum Gasteiger partial charge on any atom is -0.480 e. The van der Waals surface area contributed by atoms with Crippen molar-refractivity contribution in [3.8, 4) is 0 Å². The van der Waals surface area contributed by atoms with E-state index in [0.29, 0.717) is 6.42 Å². The number of allylic oxidation sites excluding steroid dienone is 3. The molecular formula is C9H12BrNO2. The number of hydrogen-bond donors (Lipinski definition) is 2. The molecule has 72 valence electrons. The number of halogens is 1. The van der Waals surface area contributed by atoms with Crippen LogP contribution in [0.15, 0.2) is 22.2 Å². The average Bonchev–Trinajstić information content (AvgIpc) is 2.08. The molecule has 0 spiro atoms. The lowest BCUT2D eigenvalue weighted by Gasteiger charge is -2.13. The number of nitrogens with two attached hydrogens (primary N) is 1. The smallest absolute Gasteiger partial charge is 0.320 e. The van der Waals surface area contributed by atoms with E-state index in [1.165, 1.54) is 0 Å². The molecule has 0 aromatic carbocycles. The lowest BCUT2D eigenvalue weighted by molar-refractivity contribution is -0.138. The van der Waals surface area contributed by atoms with Gasteiger partial charge in [0, 0.05) is 0 Å². The highest BCUT2D eigenvalue weighted by Gasteiger charge is 2.14. The van der Waals surface area contributed by atoms with Crippen molar-refractivity contribution < 1.29 is 9.90 Å². The summed E-state index contributed by atoms with van der Waals surface area (Å²) in [6.45, 7) is 0. The number of carboxylic acids is 1. The summed E-state index contributed by atoms with van der Waals surface area (Å²) in [5, 5.41) is 8.59. The quantitative estimate of drug-likeness (QED) is 0.797. The number of carbonyl (C=O) groups is 1. The molecule has 4 heteroatoms. The lowest BCUT2D eigenvalue weighted by atomic mass is 9.98. The zero-order chi connectivity index (χ0) is 9.84. The van der Waals surface area contributed by atoms with Crippen molar-refractivity contribution >= 4 is 21.9 Å². The summed E-state index contributed by atoms with van der Waals surface area (Å²) in [5.74, 6) is -0.936. The van der Waals surface area contributed by atoms with Crippen molar-refractivity contribution in [2.45, 2.75) is 25.3 Å². The van der Waals surface area contributed by atoms with Gasteiger partial charge < -0.3 is 10.8 Å². The molecule has 0 aromatic heterocycles. The average molecular weight is 246 g/mol. The van der Waals surface area contributed by atoms with Crippen LogP contribution in [0.1, 0.15) is 19.3 Å². The van der Waals surface area contributed by atoms with Gasteiger partial charge >= 0.3 is 5.97 Å². The van der Waals surface area contributed by atoms with Crippen LogP contribution >= 0.6 is 15.9 Å². The van der Waals surface area contributed by atoms with E-state index < -0.39 is 12.0 Å². The fourth-order valence-electron chi connectivity index (χ4n) is 1.19. The number of hydrogen-bond acceptors (Lipinski definition) is 2. The van der Waals surface area contributed by atoms with E-state index in [4.69, 9.17) is 10.8 Å². The van der Waals surface area contributed by atoms with Crippen molar-refractivity contribution in [3.63, 3.8) is 0 Å². The van der Waals surface area contributed by atoms with Crippen LogP contribution in [0, 0.1) is 0 Å². The molecule has 0 saturated heterocycles. The maximum absolute atomic E-state index is 10.5. The number of carboxylic acid groups (broad SMARTS) is 1. The monoisotopic (exact) mass is 245 g/mol. The Morgan fingerprint density at radius 2 is 2.31 bits per heavy atom. The molecule has 0 heterocycles. The van der Waals surface area contributed by atoms with E-state index >= 15 is 0 Å². The van der Waals surface area contributed by atoms with E-state index in [2.05, 4.69) is 15.9 Å². The Hall–Kier alpha value is -0.610. The van der Waals surface area contributed by atoms with Crippen LogP contribution in [0.3, 0.4) is 0 Å². The normalized spacial score (nSPS) is 18.9. The highest BCUT2D eigenvalue weighted by molar-refractivity contribution is 9.11. The van der Waals surface area contributed by atoms with Gasteiger partial charge in [-0.3, -0.25) is 4.79 Å². The summed E-state index contributed by atoms with van der Waals surface area (Å²) in [5.41, 5.74) is 6.52. The second-order valence-electron chi connectivity index (χ2n) is 3.09. The first kappa shape index (κ1) is 10.5. The molecule has 1 rings (SSSR count). The minimum atomic E-state index is -0.936.